The van der Waals surface area contributed by atoms with Gasteiger partial charge in [-0.1, -0.05) is 6.07 Å². The van der Waals surface area contributed by atoms with E-state index in [0.29, 0.717) is 11.5 Å². The Bertz CT molecular complexity index is 591. The fraction of sp³-hybridized carbons (Fsp3) is 0.364. The first-order valence-electron chi connectivity index (χ1n) is 5.39. The van der Waals surface area contributed by atoms with Crippen molar-refractivity contribution in [1.29, 1.82) is 0 Å². The maximum Gasteiger partial charge on any atom is 0.331 e. The quantitative estimate of drug-likeness (QED) is 0.864. The van der Waals surface area contributed by atoms with Gasteiger partial charge in [-0.3, -0.25) is 4.98 Å². The van der Waals surface area contributed by atoms with E-state index < -0.39 is 11.5 Å². The van der Waals surface area contributed by atoms with Gasteiger partial charge in [-0.05, 0) is 42.8 Å². The molecule has 7 nitrogen and oxygen atoms in total. The van der Waals surface area contributed by atoms with Crippen molar-refractivity contribution in [2.24, 2.45) is 0 Å². The van der Waals surface area contributed by atoms with Crippen molar-refractivity contribution >= 4 is 5.97 Å². The van der Waals surface area contributed by atoms with Crippen LogP contribution in [0.1, 0.15) is 19.4 Å². The normalized spacial score (nSPS) is 11.5. The summed E-state index contributed by atoms with van der Waals surface area (Å²) in [7, 11) is 0. The number of aliphatic carboxylic acids is 1. The second-order valence-corrected chi connectivity index (χ2v) is 4.45. The van der Waals surface area contributed by atoms with Crippen LogP contribution in [0.3, 0.4) is 0 Å². The minimum absolute atomic E-state index is 0.348. The molecule has 94 valence electrons. The molecule has 2 heterocycles. The van der Waals surface area contributed by atoms with Crippen molar-refractivity contribution in [2.75, 3.05) is 0 Å². The van der Waals surface area contributed by atoms with E-state index in [1.807, 2.05) is 13.0 Å². The molecule has 2 rings (SSSR count). The fourth-order valence-corrected chi connectivity index (χ4v) is 1.52. The predicted octanol–water partition coefficient (Wildman–Crippen LogP) is 0.863. The van der Waals surface area contributed by atoms with Crippen LogP contribution in [-0.4, -0.2) is 36.3 Å². The topological polar surface area (TPSA) is 93.8 Å². The van der Waals surface area contributed by atoms with E-state index in [0.717, 1.165) is 5.56 Å². The molecule has 0 saturated heterocycles. The second-order valence-electron chi connectivity index (χ2n) is 4.45. The van der Waals surface area contributed by atoms with Crippen LogP contribution >= 0.6 is 0 Å². The van der Waals surface area contributed by atoms with Crippen molar-refractivity contribution in [3.05, 3.63) is 23.9 Å². The number of rotatable bonds is 3. The number of hydrogen-bond acceptors (Lipinski definition) is 5. The van der Waals surface area contributed by atoms with Crippen LogP contribution in [-0.2, 0) is 10.3 Å². The number of aryl methyl sites for hydroxylation is 1. The molecule has 0 saturated carbocycles. The first-order chi connectivity index (χ1) is 8.44. The molecule has 0 aliphatic carbocycles. The van der Waals surface area contributed by atoms with Gasteiger partial charge in [0.15, 0.2) is 5.54 Å². The highest BCUT2D eigenvalue weighted by molar-refractivity contribution is 5.76. The summed E-state index contributed by atoms with van der Waals surface area (Å²) in [6, 6.07) is 3.67. The average Bonchev–Trinajstić information content (AvgIpc) is 2.78. The minimum Gasteiger partial charge on any atom is -0.479 e. The Morgan fingerprint density at radius 3 is 2.78 bits per heavy atom. The molecule has 0 atom stereocenters. The smallest absolute Gasteiger partial charge is 0.331 e. The molecule has 2 aromatic rings. The molecule has 2 aromatic heterocycles. The van der Waals surface area contributed by atoms with Crippen LogP contribution < -0.4 is 0 Å². The van der Waals surface area contributed by atoms with E-state index in [2.05, 4.69) is 20.5 Å². The van der Waals surface area contributed by atoms with Crippen LogP contribution in [0.5, 0.6) is 0 Å². The van der Waals surface area contributed by atoms with Crippen molar-refractivity contribution in [3.63, 3.8) is 0 Å². The number of carboxylic acids is 1. The molecule has 0 unspecified atom stereocenters. The van der Waals surface area contributed by atoms with Gasteiger partial charge < -0.3 is 5.11 Å². The zero-order chi connectivity index (χ0) is 13.3. The average molecular weight is 247 g/mol. The summed E-state index contributed by atoms with van der Waals surface area (Å²) in [5.74, 6) is -0.662. The zero-order valence-electron chi connectivity index (χ0n) is 10.3. The molecule has 0 bridgehead atoms. The Morgan fingerprint density at radius 2 is 2.17 bits per heavy atom. The van der Waals surface area contributed by atoms with E-state index in [4.69, 9.17) is 0 Å². The molecule has 0 aromatic carbocycles. The Morgan fingerprint density at radius 1 is 1.44 bits per heavy atom. The van der Waals surface area contributed by atoms with Gasteiger partial charge in [0.25, 0.3) is 0 Å². The van der Waals surface area contributed by atoms with E-state index >= 15 is 0 Å². The van der Waals surface area contributed by atoms with Gasteiger partial charge in [-0.25, -0.2) is 9.48 Å². The number of carboxylic acid groups (broad SMARTS) is 1. The second kappa shape index (κ2) is 4.17. The molecule has 0 spiro atoms. The lowest BCUT2D eigenvalue weighted by Gasteiger charge is -2.20. The Balaban J connectivity index is 2.60. The van der Waals surface area contributed by atoms with Crippen molar-refractivity contribution in [1.82, 2.24) is 25.2 Å². The maximum absolute atomic E-state index is 11.3. The Hall–Kier alpha value is -2.31. The molecule has 7 heteroatoms. The molecule has 1 N–H and O–H groups in total. The number of tetrazole rings is 1. The SMILES string of the molecule is Cc1cccnc1-c1nnnn1C(C)(C)C(=O)O. The third-order valence-corrected chi connectivity index (χ3v) is 2.74. The fourth-order valence-electron chi connectivity index (χ4n) is 1.52. The van der Waals surface area contributed by atoms with Crippen molar-refractivity contribution < 1.29 is 9.90 Å². The van der Waals surface area contributed by atoms with Crippen LogP contribution in [0.2, 0.25) is 0 Å². The summed E-state index contributed by atoms with van der Waals surface area (Å²) in [4.78, 5) is 15.4. The maximum atomic E-state index is 11.3. The monoisotopic (exact) mass is 247 g/mol. The molecule has 0 radical (unpaired) electrons. The van der Waals surface area contributed by atoms with E-state index in [9.17, 15) is 9.90 Å². The number of carbonyl (C=O) groups is 1. The largest absolute Gasteiger partial charge is 0.479 e. The molecular weight excluding hydrogens is 234 g/mol. The summed E-state index contributed by atoms with van der Waals surface area (Å²) in [5.41, 5.74) is 0.231. The third-order valence-electron chi connectivity index (χ3n) is 2.74. The first-order valence-corrected chi connectivity index (χ1v) is 5.39. The lowest BCUT2D eigenvalue weighted by atomic mass is 10.1. The third kappa shape index (κ3) is 1.83. The van der Waals surface area contributed by atoms with Gasteiger partial charge >= 0.3 is 5.97 Å². The van der Waals surface area contributed by atoms with E-state index in [1.54, 1.807) is 12.3 Å². The molecule has 0 fully saturated rings. The Kier molecular flexibility index (Phi) is 2.82. The first kappa shape index (κ1) is 12.2. The van der Waals surface area contributed by atoms with E-state index in [-0.39, 0.29) is 0 Å². The van der Waals surface area contributed by atoms with Gasteiger partial charge in [-0.15, -0.1) is 5.10 Å². The number of aromatic nitrogens is 5. The summed E-state index contributed by atoms with van der Waals surface area (Å²) < 4.78 is 1.27. The van der Waals surface area contributed by atoms with Crippen LogP contribution in [0.25, 0.3) is 11.5 Å². The Labute approximate surface area is 103 Å². The molecule has 18 heavy (non-hydrogen) atoms. The van der Waals surface area contributed by atoms with Gasteiger partial charge in [0.1, 0.15) is 5.69 Å². The molecular formula is C11H13N5O2. The predicted molar refractivity (Wildman–Crippen MR) is 62.7 cm³/mol. The highest BCUT2D eigenvalue weighted by Gasteiger charge is 2.34. The highest BCUT2D eigenvalue weighted by Crippen LogP contribution is 2.23. The van der Waals surface area contributed by atoms with Gasteiger partial charge in [0.2, 0.25) is 5.82 Å². The zero-order valence-corrected chi connectivity index (χ0v) is 10.3. The number of hydrogen-bond donors (Lipinski definition) is 1. The molecule has 0 amide bonds. The standard InChI is InChI=1S/C11H13N5O2/c1-7-5-4-6-12-8(7)9-13-14-15-16(9)11(2,3)10(17)18/h4-6H,1-3H3,(H,17,18). The van der Waals surface area contributed by atoms with Gasteiger partial charge in [0, 0.05) is 6.20 Å². The molecule has 0 aliphatic heterocycles. The van der Waals surface area contributed by atoms with Crippen LogP contribution in [0.15, 0.2) is 18.3 Å². The summed E-state index contributed by atoms with van der Waals surface area (Å²) >= 11 is 0. The lowest BCUT2D eigenvalue weighted by molar-refractivity contribution is -0.146. The summed E-state index contributed by atoms with van der Waals surface area (Å²) in [6.45, 7) is 4.94. The number of nitrogens with zero attached hydrogens (tertiary/aromatic N) is 5. The number of pyridine rings is 1. The molecule has 0 aliphatic rings. The van der Waals surface area contributed by atoms with Crippen LogP contribution in [0, 0.1) is 6.92 Å². The van der Waals surface area contributed by atoms with Gasteiger partial charge in [0.05, 0.1) is 0 Å². The minimum atomic E-state index is -1.23. The van der Waals surface area contributed by atoms with Crippen LogP contribution in [0.4, 0.5) is 0 Å². The summed E-state index contributed by atoms with van der Waals surface area (Å²) in [5, 5.41) is 20.4. The van der Waals surface area contributed by atoms with Crippen molar-refractivity contribution in [3.8, 4) is 11.5 Å². The van der Waals surface area contributed by atoms with Crippen molar-refractivity contribution in [2.45, 2.75) is 26.3 Å². The summed E-state index contributed by atoms with van der Waals surface area (Å²) in [6.07, 6.45) is 1.62. The highest BCUT2D eigenvalue weighted by atomic mass is 16.4. The lowest BCUT2D eigenvalue weighted by Crippen LogP contribution is -2.37. The van der Waals surface area contributed by atoms with Gasteiger partial charge in [-0.2, -0.15) is 0 Å². The van der Waals surface area contributed by atoms with E-state index in [1.165, 1.54) is 18.5 Å².